The molecule has 150 valence electrons. The summed E-state index contributed by atoms with van der Waals surface area (Å²) in [6.07, 6.45) is 5.91. The van der Waals surface area contributed by atoms with Gasteiger partial charge in [0.25, 0.3) is 5.56 Å². The molecule has 0 amide bonds. The van der Waals surface area contributed by atoms with Gasteiger partial charge in [-0.3, -0.25) is 18.9 Å². The largest absolute Gasteiger partial charge is 0.497 e. The number of aryl methyl sites for hydroxylation is 1. The van der Waals surface area contributed by atoms with Crippen molar-refractivity contribution in [1.82, 2.24) is 29.4 Å². The van der Waals surface area contributed by atoms with Gasteiger partial charge in [0.15, 0.2) is 5.69 Å². The lowest BCUT2D eigenvalue weighted by molar-refractivity contribution is 0.299. The number of likely N-dealkylation sites (tertiary alicyclic amines) is 1. The van der Waals surface area contributed by atoms with E-state index >= 15 is 0 Å². The van der Waals surface area contributed by atoms with Crippen LogP contribution in [0.15, 0.2) is 41.5 Å². The van der Waals surface area contributed by atoms with Gasteiger partial charge in [-0.1, -0.05) is 0 Å². The summed E-state index contributed by atoms with van der Waals surface area (Å²) in [5.41, 5.74) is 2.25. The zero-order valence-corrected chi connectivity index (χ0v) is 16.7. The molecule has 29 heavy (non-hydrogen) atoms. The van der Waals surface area contributed by atoms with E-state index in [1.807, 2.05) is 46.8 Å². The molecule has 5 rings (SSSR count). The summed E-state index contributed by atoms with van der Waals surface area (Å²) < 4.78 is 8.86. The molecular weight excluding hydrogens is 368 g/mol. The highest BCUT2D eigenvalue weighted by Gasteiger charge is 2.46. The standard InChI is InChI=1S/C21H24N6O2/c1-25-12-15(11-22-25)13-26-9-7-21(14-26)8-10-27-19(28)18(23-24-20(21)27)16-3-5-17(29-2)6-4-16/h3-6,11-12H,7-10,13-14H2,1-2H3. The second-order valence-corrected chi connectivity index (χ2v) is 8.07. The van der Waals surface area contributed by atoms with Crippen LogP contribution in [0.3, 0.4) is 0 Å². The molecule has 4 heterocycles. The van der Waals surface area contributed by atoms with E-state index < -0.39 is 0 Å². The maximum Gasteiger partial charge on any atom is 0.280 e. The second-order valence-electron chi connectivity index (χ2n) is 8.07. The van der Waals surface area contributed by atoms with Crippen molar-refractivity contribution < 1.29 is 4.74 Å². The molecule has 2 aliphatic heterocycles. The predicted octanol–water partition coefficient (Wildman–Crippen LogP) is 1.59. The number of aromatic nitrogens is 5. The maximum atomic E-state index is 13.1. The fourth-order valence-electron chi connectivity index (χ4n) is 4.68. The average Bonchev–Trinajstić information content (AvgIpc) is 3.43. The van der Waals surface area contributed by atoms with Crippen molar-refractivity contribution in [3.05, 3.63) is 58.4 Å². The lowest BCUT2D eigenvalue weighted by Gasteiger charge is -2.22. The van der Waals surface area contributed by atoms with Gasteiger partial charge in [-0.2, -0.15) is 5.10 Å². The smallest absolute Gasteiger partial charge is 0.280 e. The Kier molecular flexibility index (Phi) is 4.24. The monoisotopic (exact) mass is 392 g/mol. The molecule has 1 atom stereocenters. The van der Waals surface area contributed by atoms with E-state index in [1.165, 1.54) is 5.56 Å². The number of hydrogen-bond acceptors (Lipinski definition) is 6. The van der Waals surface area contributed by atoms with Crippen LogP contribution in [-0.2, 0) is 25.6 Å². The Morgan fingerprint density at radius 1 is 1.14 bits per heavy atom. The Morgan fingerprint density at radius 2 is 1.93 bits per heavy atom. The number of hydrogen-bond donors (Lipinski definition) is 0. The molecule has 1 saturated heterocycles. The van der Waals surface area contributed by atoms with Crippen LogP contribution in [0.1, 0.15) is 24.2 Å². The van der Waals surface area contributed by atoms with Crippen LogP contribution in [-0.4, -0.2) is 49.6 Å². The van der Waals surface area contributed by atoms with Crippen LogP contribution in [0, 0.1) is 0 Å². The number of fused-ring (bicyclic) bond motifs is 2. The third kappa shape index (κ3) is 3.04. The molecule has 8 heteroatoms. The van der Waals surface area contributed by atoms with Crippen molar-refractivity contribution in [3.63, 3.8) is 0 Å². The van der Waals surface area contributed by atoms with Crippen LogP contribution in [0.4, 0.5) is 0 Å². The van der Waals surface area contributed by atoms with E-state index in [-0.39, 0.29) is 11.0 Å². The molecule has 1 fully saturated rings. The van der Waals surface area contributed by atoms with E-state index in [4.69, 9.17) is 4.74 Å². The Balaban J connectivity index is 1.41. The Morgan fingerprint density at radius 3 is 2.66 bits per heavy atom. The minimum Gasteiger partial charge on any atom is -0.497 e. The first-order chi connectivity index (χ1) is 14.1. The summed E-state index contributed by atoms with van der Waals surface area (Å²) in [5.74, 6) is 1.59. The van der Waals surface area contributed by atoms with Crippen molar-refractivity contribution in [2.24, 2.45) is 7.05 Å². The Hall–Kier alpha value is -3.00. The molecule has 0 saturated carbocycles. The van der Waals surface area contributed by atoms with Crippen molar-refractivity contribution in [3.8, 4) is 17.0 Å². The molecule has 0 N–H and O–H groups in total. The van der Waals surface area contributed by atoms with Gasteiger partial charge in [0, 0.05) is 49.4 Å². The topological polar surface area (TPSA) is 78.1 Å². The highest BCUT2D eigenvalue weighted by molar-refractivity contribution is 5.58. The van der Waals surface area contributed by atoms with Gasteiger partial charge in [-0.15, -0.1) is 10.2 Å². The summed E-state index contributed by atoms with van der Waals surface area (Å²) >= 11 is 0. The van der Waals surface area contributed by atoms with Crippen molar-refractivity contribution in [2.75, 3.05) is 20.2 Å². The van der Waals surface area contributed by atoms with Crippen LogP contribution >= 0.6 is 0 Å². The molecule has 3 aromatic rings. The summed E-state index contributed by atoms with van der Waals surface area (Å²) in [6, 6.07) is 7.38. The lowest BCUT2D eigenvalue weighted by Crippen LogP contribution is -2.33. The first-order valence-electron chi connectivity index (χ1n) is 9.90. The van der Waals surface area contributed by atoms with E-state index in [9.17, 15) is 4.79 Å². The predicted molar refractivity (Wildman–Crippen MR) is 108 cm³/mol. The molecule has 1 unspecified atom stereocenters. The van der Waals surface area contributed by atoms with E-state index in [1.54, 1.807) is 7.11 Å². The number of rotatable bonds is 4. The highest BCUT2D eigenvalue weighted by Crippen LogP contribution is 2.41. The third-order valence-electron chi connectivity index (χ3n) is 6.20. The molecule has 0 bridgehead atoms. The molecular formula is C21H24N6O2. The number of ether oxygens (including phenoxy) is 1. The summed E-state index contributed by atoms with van der Waals surface area (Å²) in [7, 11) is 3.56. The minimum atomic E-state index is -0.0766. The maximum absolute atomic E-state index is 13.1. The van der Waals surface area contributed by atoms with E-state index in [0.717, 1.165) is 49.6 Å². The van der Waals surface area contributed by atoms with Gasteiger partial charge < -0.3 is 4.74 Å². The van der Waals surface area contributed by atoms with Crippen molar-refractivity contribution >= 4 is 0 Å². The Bertz CT molecular complexity index is 1100. The number of benzene rings is 1. The third-order valence-corrected chi connectivity index (χ3v) is 6.20. The van der Waals surface area contributed by atoms with Gasteiger partial charge in [0.05, 0.1) is 13.3 Å². The summed E-state index contributed by atoms with van der Waals surface area (Å²) in [6.45, 7) is 3.47. The van der Waals surface area contributed by atoms with Gasteiger partial charge in [0.2, 0.25) is 0 Å². The van der Waals surface area contributed by atoms with E-state index in [0.29, 0.717) is 12.2 Å². The average molecular weight is 392 g/mol. The fraction of sp³-hybridized carbons (Fsp3) is 0.429. The van der Waals surface area contributed by atoms with Crippen LogP contribution in [0.5, 0.6) is 5.75 Å². The number of nitrogens with zero attached hydrogens (tertiary/aromatic N) is 6. The first kappa shape index (κ1) is 18.1. The van der Waals surface area contributed by atoms with Gasteiger partial charge in [-0.05, 0) is 43.7 Å². The van der Waals surface area contributed by atoms with Gasteiger partial charge in [0.1, 0.15) is 11.6 Å². The van der Waals surface area contributed by atoms with Crippen molar-refractivity contribution in [2.45, 2.75) is 31.3 Å². The Labute approximate surface area is 168 Å². The summed E-state index contributed by atoms with van der Waals surface area (Å²) in [4.78, 5) is 15.6. The fourth-order valence-corrected chi connectivity index (χ4v) is 4.68. The van der Waals surface area contributed by atoms with Crippen molar-refractivity contribution in [1.29, 1.82) is 0 Å². The second kappa shape index (κ2) is 6.81. The highest BCUT2D eigenvalue weighted by atomic mass is 16.5. The normalized spacial score (nSPS) is 21.0. The first-order valence-corrected chi connectivity index (χ1v) is 9.90. The van der Waals surface area contributed by atoms with Crippen LogP contribution in [0.2, 0.25) is 0 Å². The SMILES string of the molecule is COc1ccc(-c2nnc3n(c2=O)CCC32CCN(Cc3cnn(C)c3)C2)cc1. The quantitative estimate of drug-likeness (QED) is 0.671. The number of methoxy groups -OCH3 is 1. The molecule has 1 aromatic carbocycles. The molecule has 8 nitrogen and oxygen atoms in total. The zero-order chi connectivity index (χ0) is 20.0. The molecule has 0 aliphatic carbocycles. The zero-order valence-electron chi connectivity index (χ0n) is 16.7. The molecule has 2 aliphatic rings. The van der Waals surface area contributed by atoms with E-state index in [2.05, 4.69) is 26.4 Å². The van der Waals surface area contributed by atoms with Crippen LogP contribution < -0.4 is 10.3 Å². The van der Waals surface area contributed by atoms with Gasteiger partial charge in [-0.25, -0.2) is 0 Å². The minimum absolute atomic E-state index is 0.0530. The molecule has 2 aromatic heterocycles. The molecule has 0 radical (unpaired) electrons. The summed E-state index contributed by atoms with van der Waals surface area (Å²) in [5, 5.41) is 13.2. The molecule has 1 spiro atoms. The van der Waals surface area contributed by atoms with Crippen LogP contribution in [0.25, 0.3) is 11.3 Å². The van der Waals surface area contributed by atoms with Gasteiger partial charge >= 0.3 is 0 Å². The lowest BCUT2D eigenvalue weighted by atomic mass is 9.85.